The van der Waals surface area contributed by atoms with E-state index in [0.29, 0.717) is 25.3 Å². The molecule has 3 saturated carbocycles. The summed E-state index contributed by atoms with van der Waals surface area (Å²) in [5.41, 5.74) is 0.666. The van der Waals surface area contributed by atoms with Gasteiger partial charge in [0.05, 0.1) is 23.5 Å². The standard InChI is InChI=1S/C23H32INO5/c1-12-10-23-11-13(12)5-6-15(23)14-9-16(27)19(28)22(2,21(24)30)17(14)18(23)20(29)25-7-3-4-8-26/h9,13,15-19,26-28H,1,3-8,10-11H2,2H3,(H,25,29)/t13-,15+,16-,17-,18-,19+,22+,23+/m1/s1. The van der Waals surface area contributed by atoms with Gasteiger partial charge in [-0.3, -0.25) is 9.59 Å². The van der Waals surface area contributed by atoms with Crippen molar-refractivity contribution in [1.82, 2.24) is 5.32 Å². The lowest BCUT2D eigenvalue weighted by Gasteiger charge is -2.45. The number of unbranched alkanes of at least 4 members (excludes halogenated alkanes) is 1. The first kappa shape index (κ1) is 22.4. The molecule has 4 aliphatic rings. The highest BCUT2D eigenvalue weighted by Gasteiger charge is 2.70. The summed E-state index contributed by atoms with van der Waals surface area (Å²) in [5, 5.41) is 33.6. The van der Waals surface area contributed by atoms with Crippen molar-refractivity contribution in [3.63, 3.8) is 0 Å². The molecule has 4 aliphatic carbocycles. The third-order valence-electron chi connectivity index (χ3n) is 8.51. The van der Waals surface area contributed by atoms with Crippen LogP contribution >= 0.6 is 22.6 Å². The zero-order valence-electron chi connectivity index (χ0n) is 17.4. The number of hydrogen-bond acceptors (Lipinski definition) is 5. The van der Waals surface area contributed by atoms with E-state index in [-0.39, 0.29) is 27.6 Å². The van der Waals surface area contributed by atoms with Gasteiger partial charge in [0.15, 0.2) is 0 Å². The second-order valence-corrected chi connectivity index (χ2v) is 10.9. The normalized spacial score (nSPS) is 44.3. The number of halogens is 1. The van der Waals surface area contributed by atoms with Crippen LogP contribution in [0.1, 0.15) is 45.4 Å². The number of carbonyl (C=O) groups excluding carboxylic acids is 2. The summed E-state index contributed by atoms with van der Waals surface area (Å²) in [6, 6.07) is 0. The number of nitrogens with one attached hydrogen (secondary N) is 1. The first-order valence-electron chi connectivity index (χ1n) is 11.0. The van der Waals surface area contributed by atoms with Crippen LogP contribution in [0.3, 0.4) is 0 Å². The van der Waals surface area contributed by atoms with Gasteiger partial charge in [0.25, 0.3) is 0 Å². The molecule has 0 aromatic rings. The lowest BCUT2D eigenvalue weighted by atomic mass is 9.60. The van der Waals surface area contributed by atoms with Crippen LogP contribution in [-0.2, 0) is 9.59 Å². The van der Waals surface area contributed by atoms with Crippen molar-refractivity contribution in [3.05, 3.63) is 23.8 Å². The molecule has 0 heterocycles. The maximum Gasteiger partial charge on any atom is 0.224 e. The summed E-state index contributed by atoms with van der Waals surface area (Å²) in [7, 11) is 0. The average molecular weight is 529 g/mol. The quantitative estimate of drug-likeness (QED) is 0.183. The van der Waals surface area contributed by atoms with E-state index < -0.39 is 29.5 Å². The Morgan fingerprint density at radius 3 is 2.70 bits per heavy atom. The molecule has 0 unspecified atom stereocenters. The Balaban J connectivity index is 1.80. The first-order chi connectivity index (χ1) is 14.2. The zero-order chi connectivity index (χ0) is 21.8. The topological polar surface area (TPSA) is 107 Å². The predicted molar refractivity (Wildman–Crippen MR) is 121 cm³/mol. The number of hydrogen-bond donors (Lipinski definition) is 4. The second-order valence-electron chi connectivity index (χ2n) is 9.93. The van der Waals surface area contributed by atoms with Crippen molar-refractivity contribution >= 4 is 32.3 Å². The molecular weight excluding hydrogens is 497 g/mol. The molecule has 166 valence electrons. The van der Waals surface area contributed by atoms with Crippen molar-refractivity contribution in [2.75, 3.05) is 13.2 Å². The SMILES string of the molecule is C=C1C[C@]23C[C@H]1CC[C@H]2C1=C[C@@H](O)[C@H](O)[C@@](C)(C(=O)I)[C@H]1[C@@H]3C(=O)NCCCCO. The lowest BCUT2D eigenvalue weighted by Crippen LogP contribution is -2.56. The van der Waals surface area contributed by atoms with Crippen molar-refractivity contribution in [2.45, 2.75) is 57.7 Å². The highest BCUT2D eigenvalue weighted by molar-refractivity contribution is 14.1. The summed E-state index contributed by atoms with van der Waals surface area (Å²) in [5.74, 6) is -0.399. The van der Waals surface area contributed by atoms with Crippen molar-refractivity contribution in [3.8, 4) is 0 Å². The largest absolute Gasteiger partial charge is 0.396 e. The number of allylic oxidation sites excluding steroid dienone is 2. The van der Waals surface area contributed by atoms with Crippen LogP contribution < -0.4 is 5.32 Å². The van der Waals surface area contributed by atoms with E-state index in [9.17, 15) is 19.8 Å². The summed E-state index contributed by atoms with van der Waals surface area (Å²) in [6.45, 7) is 6.59. The van der Waals surface area contributed by atoms with Crippen LogP contribution in [0.5, 0.6) is 0 Å². The summed E-state index contributed by atoms with van der Waals surface area (Å²) >= 11 is 1.72. The third kappa shape index (κ3) is 3.06. The smallest absolute Gasteiger partial charge is 0.224 e. The monoisotopic (exact) mass is 529 g/mol. The third-order valence-corrected chi connectivity index (χ3v) is 9.67. The van der Waals surface area contributed by atoms with E-state index >= 15 is 0 Å². The molecular formula is C23H32INO5. The van der Waals surface area contributed by atoms with Crippen LogP contribution in [0.4, 0.5) is 0 Å². The molecule has 2 bridgehead atoms. The Morgan fingerprint density at radius 2 is 2.03 bits per heavy atom. The average Bonchev–Trinajstić information content (AvgIpc) is 3.12. The van der Waals surface area contributed by atoms with Crippen LogP contribution in [-0.4, -0.2) is 50.4 Å². The molecule has 1 amide bonds. The number of aliphatic hydroxyl groups excluding tert-OH is 3. The van der Waals surface area contributed by atoms with Gasteiger partial charge in [-0.1, -0.05) is 23.8 Å². The number of rotatable bonds is 6. The maximum atomic E-state index is 13.6. The Hall–Kier alpha value is -0.770. The van der Waals surface area contributed by atoms with Crippen LogP contribution in [0.25, 0.3) is 0 Å². The fourth-order valence-corrected chi connectivity index (χ4v) is 7.77. The summed E-state index contributed by atoms with van der Waals surface area (Å²) < 4.78 is -0.219. The molecule has 4 rings (SSSR count). The molecule has 3 fully saturated rings. The summed E-state index contributed by atoms with van der Waals surface area (Å²) in [4.78, 5) is 26.5. The molecule has 4 N–H and O–H groups in total. The molecule has 0 saturated heterocycles. The van der Waals surface area contributed by atoms with Gasteiger partial charge in [-0.25, -0.2) is 0 Å². The molecule has 0 aromatic carbocycles. The van der Waals surface area contributed by atoms with Gasteiger partial charge < -0.3 is 20.6 Å². The predicted octanol–water partition coefficient (Wildman–Crippen LogP) is 2.11. The Bertz CT molecular complexity index is 796. The van der Waals surface area contributed by atoms with E-state index in [0.717, 1.165) is 31.3 Å². The number of carbonyl (C=O) groups is 2. The van der Waals surface area contributed by atoms with Gasteiger partial charge >= 0.3 is 0 Å². The van der Waals surface area contributed by atoms with E-state index in [4.69, 9.17) is 5.11 Å². The van der Waals surface area contributed by atoms with Gasteiger partial charge in [-0.05, 0) is 62.7 Å². The van der Waals surface area contributed by atoms with Crippen molar-refractivity contribution in [1.29, 1.82) is 0 Å². The van der Waals surface area contributed by atoms with Gasteiger partial charge in [0, 0.05) is 41.7 Å². The Morgan fingerprint density at radius 1 is 1.30 bits per heavy atom. The first-order valence-corrected chi connectivity index (χ1v) is 12.1. The molecule has 0 radical (unpaired) electrons. The second kappa shape index (κ2) is 7.98. The number of aliphatic hydroxyl groups is 3. The van der Waals surface area contributed by atoms with E-state index in [1.165, 1.54) is 5.57 Å². The molecule has 30 heavy (non-hydrogen) atoms. The molecule has 6 nitrogen and oxygen atoms in total. The van der Waals surface area contributed by atoms with Crippen molar-refractivity contribution in [2.24, 2.45) is 34.5 Å². The fraction of sp³-hybridized carbons (Fsp3) is 0.739. The number of fused-ring (bicyclic) bond motifs is 3. The van der Waals surface area contributed by atoms with Gasteiger partial charge in [-0.2, -0.15) is 0 Å². The molecule has 1 spiro atoms. The number of amides is 1. The minimum absolute atomic E-state index is 0.0749. The van der Waals surface area contributed by atoms with Gasteiger partial charge in [0.2, 0.25) is 9.70 Å². The highest BCUT2D eigenvalue weighted by Crippen LogP contribution is 2.72. The maximum absolute atomic E-state index is 13.6. The molecule has 0 aromatic heterocycles. The minimum Gasteiger partial charge on any atom is -0.396 e. The Labute approximate surface area is 191 Å². The summed E-state index contributed by atoms with van der Waals surface area (Å²) in [6.07, 6.45) is 4.31. The van der Waals surface area contributed by atoms with Gasteiger partial charge in [0.1, 0.15) is 0 Å². The minimum atomic E-state index is -1.24. The van der Waals surface area contributed by atoms with Crippen molar-refractivity contribution < 1.29 is 24.9 Å². The molecule has 7 heteroatoms. The Kier molecular flexibility index (Phi) is 5.96. The van der Waals surface area contributed by atoms with E-state index in [1.54, 1.807) is 35.6 Å². The van der Waals surface area contributed by atoms with E-state index in [1.807, 2.05) is 0 Å². The fourth-order valence-electron chi connectivity index (χ4n) is 7.11. The van der Waals surface area contributed by atoms with Crippen LogP contribution in [0.2, 0.25) is 0 Å². The van der Waals surface area contributed by atoms with E-state index in [2.05, 4.69) is 11.9 Å². The zero-order valence-corrected chi connectivity index (χ0v) is 19.6. The highest BCUT2D eigenvalue weighted by atomic mass is 127. The molecule has 8 atom stereocenters. The lowest BCUT2D eigenvalue weighted by molar-refractivity contribution is -0.144. The molecule has 0 aliphatic heterocycles. The van der Waals surface area contributed by atoms with Gasteiger partial charge in [-0.15, -0.1) is 0 Å². The van der Waals surface area contributed by atoms with Crippen LogP contribution in [0.15, 0.2) is 23.8 Å². The van der Waals surface area contributed by atoms with Crippen LogP contribution in [0, 0.1) is 34.5 Å².